The Labute approximate surface area is 182 Å². The Morgan fingerprint density at radius 1 is 1.06 bits per heavy atom. The molecule has 0 saturated heterocycles. The molecule has 1 amide bonds. The zero-order valence-electron chi connectivity index (χ0n) is 16.0. The molecule has 1 aliphatic rings. The Morgan fingerprint density at radius 3 is 2.16 bits per heavy atom. The summed E-state index contributed by atoms with van der Waals surface area (Å²) in [5.74, 6) is -0.855. The molecule has 0 saturated carbocycles. The molecule has 0 radical (unpaired) electrons. The lowest BCUT2D eigenvalue weighted by atomic mass is 9.92. The summed E-state index contributed by atoms with van der Waals surface area (Å²) in [6, 6.07) is 4.17. The number of nitrogens with two attached hydrogens (primary N) is 1. The highest BCUT2D eigenvalue weighted by atomic mass is 32.2. The quantitative estimate of drug-likeness (QED) is 0.208. The third-order valence-electron chi connectivity index (χ3n) is 4.63. The SMILES string of the molecule is C[N+](C(=O)c1ccc[nH]1)=C1C(S(=O)(=O)O)=CC(S(=O)(=O)O)c2c(N)cc(S(=O)(=O)O)cc21. The van der Waals surface area contributed by atoms with E-state index in [1.807, 2.05) is 0 Å². The maximum absolute atomic E-state index is 12.8. The van der Waals surface area contributed by atoms with E-state index in [1.165, 1.54) is 18.3 Å². The number of nitrogen functional groups attached to an aromatic ring is 1. The van der Waals surface area contributed by atoms with Gasteiger partial charge in [0.1, 0.15) is 12.3 Å². The van der Waals surface area contributed by atoms with Crippen molar-refractivity contribution < 1.29 is 48.3 Å². The summed E-state index contributed by atoms with van der Waals surface area (Å²) in [6.45, 7) is 0. The summed E-state index contributed by atoms with van der Waals surface area (Å²) >= 11 is 0. The van der Waals surface area contributed by atoms with Crippen molar-refractivity contribution in [1.29, 1.82) is 0 Å². The summed E-state index contributed by atoms with van der Waals surface area (Å²) in [5, 5.41) is -2.14. The first kappa shape index (κ1) is 23.8. The van der Waals surface area contributed by atoms with Gasteiger partial charge in [-0.05, 0) is 30.3 Å². The van der Waals surface area contributed by atoms with Crippen LogP contribution in [0.4, 0.5) is 5.69 Å². The molecule has 0 aliphatic heterocycles. The first-order chi connectivity index (χ1) is 14.5. The minimum Gasteiger partial charge on any atom is -0.398 e. The van der Waals surface area contributed by atoms with E-state index in [9.17, 15) is 43.7 Å². The van der Waals surface area contributed by atoms with Crippen LogP contribution in [0.5, 0.6) is 0 Å². The van der Waals surface area contributed by atoms with E-state index in [-0.39, 0.29) is 5.69 Å². The van der Waals surface area contributed by atoms with Gasteiger partial charge in [-0.3, -0.25) is 13.7 Å². The third-order valence-corrected chi connectivity index (χ3v) is 7.36. The molecule has 0 bridgehead atoms. The Kier molecular flexibility index (Phi) is 5.65. The number of nitrogens with zero attached hydrogens (tertiary/aromatic N) is 1. The summed E-state index contributed by atoms with van der Waals surface area (Å²) in [6.07, 6.45) is 1.85. The van der Waals surface area contributed by atoms with Crippen LogP contribution in [-0.2, 0) is 30.4 Å². The van der Waals surface area contributed by atoms with Crippen molar-refractivity contribution in [2.75, 3.05) is 12.8 Å². The second-order valence-electron chi connectivity index (χ2n) is 6.69. The van der Waals surface area contributed by atoms with Crippen LogP contribution in [0.2, 0.25) is 0 Å². The second kappa shape index (κ2) is 7.61. The molecule has 16 heteroatoms. The predicted octanol–water partition coefficient (Wildman–Crippen LogP) is -0.170. The largest absolute Gasteiger partial charge is 0.436 e. The van der Waals surface area contributed by atoms with Crippen LogP contribution >= 0.6 is 0 Å². The number of rotatable bonds is 4. The summed E-state index contributed by atoms with van der Waals surface area (Å²) in [4.78, 5) is 13.5. The van der Waals surface area contributed by atoms with Crippen molar-refractivity contribution in [1.82, 2.24) is 4.98 Å². The fourth-order valence-corrected chi connectivity index (χ4v) is 5.57. The molecule has 3 rings (SSSR count). The molecule has 1 unspecified atom stereocenters. The Hall–Kier alpha value is -2.89. The molecule has 1 atom stereocenters. The minimum atomic E-state index is -5.23. The number of aromatic nitrogens is 1. The number of amides is 1. The van der Waals surface area contributed by atoms with Crippen molar-refractivity contribution in [2.45, 2.75) is 10.1 Å². The number of anilines is 1. The molecule has 1 aromatic heterocycles. The van der Waals surface area contributed by atoms with Gasteiger partial charge in [0.2, 0.25) is 5.71 Å². The van der Waals surface area contributed by atoms with Gasteiger partial charge in [0, 0.05) is 17.4 Å². The van der Waals surface area contributed by atoms with E-state index in [1.54, 1.807) is 0 Å². The van der Waals surface area contributed by atoms with Crippen molar-refractivity contribution in [3.8, 4) is 0 Å². The number of carbonyl (C=O) groups excluding carboxylic acids is 1. The van der Waals surface area contributed by atoms with E-state index < -0.39 is 73.8 Å². The van der Waals surface area contributed by atoms with Crippen molar-refractivity contribution >= 4 is 47.7 Å². The monoisotopic (exact) mass is 506 g/mol. The van der Waals surface area contributed by atoms with Crippen LogP contribution in [0.3, 0.4) is 0 Å². The average Bonchev–Trinajstić information content (AvgIpc) is 3.17. The fraction of sp³-hybridized carbons (Fsp3) is 0.125. The summed E-state index contributed by atoms with van der Waals surface area (Å²) in [7, 11) is -14.2. The second-order valence-corrected chi connectivity index (χ2v) is 11.0. The number of carbonyl (C=O) groups is 1. The van der Waals surface area contributed by atoms with E-state index >= 15 is 0 Å². The fourth-order valence-electron chi connectivity index (χ4n) is 3.28. The Balaban J connectivity index is 2.54. The molecule has 172 valence electrons. The standard InChI is InChI=1S/C16H15N3O10S3/c1-19(16(20)11-3-2-4-18-11)15-9-5-8(30(21,22)23)6-10(17)14(9)12(31(24,25)26)7-13(15)32(27,28)29/h2-7,12H,17H2,1H3,(H3-,18,20,21,22,23,24,25,26,27,28,29)/p+1. The highest BCUT2D eigenvalue weighted by Gasteiger charge is 2.44. The third kappa shape index (κ3) is 4.23. The summed E-state index contributed by atoms with van der Waals surface area (Å²) < 4.78 is 101. The van der Waals surface area contributed by atoms with Gasteiger partial charge in [-0.2, -0.15) is 29.8 Å². The molecule has 0 fully saturated rings. The number of allylic oxidation sites excluding steroid dienone is 1. The van der Waals surface area contributed by atoms with Crippen LogP contribution in [-0.4, -0.2) is 67.1 Å². The van der Waals surface area contributed by atoms with Gasteiger partial charge in [0.05, 0.1) is 10.5 Å². The van der Waals surface area contributed by atoms with Crippen LogP contribution < -0.4 is 5.73 Å². The lowest BCUT2D eigenvalue weighted by molar-refractivity contribution is -0.393. The lowest BCUT2D eigenvalue weighted by Gasteiger charge is -2.23. The van der Waals surface area contributed by atoms with Crippen LogP contribution in [0.1, 0.15) is 26.9 Å². The molecule has 0 spiro atoms. The molecule has 32 heavy (non-hydrogen) atoms. The van der Waals surface area contributed by atoms with Crippen LogP contribution in [0.15, 0.2) is 46.3 Å². The highest BCUT2D eigenvalue weighted by Crippen LogP contribution is 2.40. The lowest BCUT2D eigenvalue weighted by Crippen LogP contribution is -2.34. The van der Waals surface area contributed by atoms with Crippen molar-refractivity contribution in [2.24, 2.45) is 0 Å². The first-order valence-electron chi connectivity index (χ1n) is 8.39. The average molecular weight is 507 g/mol. The van der Waals surface area contributed by atoms with Gasteiger partial charge in [0.15, 0.2) is 10.6 Å². The van der Waals surface area contributed by atoms with Gasteiger partial charge in [-0.25, -0.2) is 4.79 Å². The van der Waals surface area contributed by atoms with E-state index in [0.717, 1.165) is 7.05 Å². The van der Waals surface area contributed by atoms with Gasteiger partial charge in [-0.15, -0.1) is 0 Å². The van der Waals surface area contributed by atoms with Crippen molar-refractivity contribution in [3.05, 3.63) is 58.3 Å². The van der Waals surface area contributed by atoms with Gasteiger partial charge in [0.25, 0.3) is 20.2 Å². The minimum absolute atomic E-state index is 0.0351. The molecular formula is C16H16N3O10S3+. The summed E-state index contributed by atoms with van der Waals surface area (Å²) in [5.41, 5.74) is 3.56. The number of hydrogen-bond acceptors (Lipinski definition) is 8. The topological polar surface area (TPSA) is 225 Å². The van der Waals surface area contributed by atoms with E-state index in [4.69, 9.17) is 5.73 Å². The molecule has 1 heterocycles. The van der Waals surface area contributed by atoms with Gasteiger partial charge < -0.3 is 10.7 Å². The van der Waals surface area contributed by atoms with E-state index in [2.05, 4.69) is 4.98 Å². The molecule has 6 N–H and O–H groups in total. The van der Waals surface area contributed by atoms with Crippen LogP contribution in [0, 0.1) is 0 Å². The zero-order chi connectivity index (χ0) is 24.2. The highest BCUT2D eigenvalue weighted by molar-refractivity contribution is 7.91. The van der Waals surface area contributed by atoms with Gasteiger partial charge in [-0.1, -0.05) is 0 Å². The zero-order valence-corrected chi connectivity index (χ0v) is 18.4. The maximum Gasteiger partial charge on any atom is 0.436 e. The number of H-pyrrole nitrogens is 1. The van der Waals surface area contributed by atoms with E-state index in [0.29, 0.717) is 22.8 Å². The number of benzene rings is 1. The molecular weight excluding hydrogens is 490 g/mol. The van der Waals surface area contributed by atoms with Crippen molar-refractivity contribution in [3.63, 3.8) is 0 Å². The Bertz CT molecular complexity index is 1520. The predicted molar refractivity (Wildman–Crippen MR) is 110 cm³/mol. The molecule has 2 aromatic rings. The molecule has 1 aliphatic carbocycles. The van der Waals surface area contributed by atoms with Crippen LogP contribution in [0.25, 0.3) is 0 Å². The number of nitrogens with one attached hydrogen (secondary N) is 1. The maximum atomic E-state index is 12.8. The number of hydrogen-bond donors (Lipinski definition) is 5. The molecule has 1 aromatic carbocycles. The first-order valence-corrected chi connectivity index (χ1v) is 12.8. The Morgan fingerprint density at radius 2 is 1.69 bits per heavy atom. The normalized spacial score (nSPS) is 18.6. The van der Waals surface area contributed by atoms with Gasteiger partial charge >= 0.3 is 16.0 Å². The number of aromatic amines is 1. The number of fused-ring (bicyclic) bond motifs is 1. The molecule has 13 nitrogen and oxygen atoms in total. The smallest absolute Gasteiger partial charge is 0.398 e.